The lowest BCUT2D eigenvalue weighted by Crippen LogP contribution is -2.53. The molecule has 1 fully saturated rings. The highest BCUT2D eigenvalue weighted by molar-refractivity contribution is 6.00. The first-order valence-electron chi connectivity index (χ1n) is 14.2. The van der Waals surface area contributed by atoms with Crippen LogP contribution >= 0.6 is 0 Å². The predicted octanol–water partition coefficient (Wildman–Crippen LogP) is 3.13. The minimum Gasteiger partial charge on any atom is -0.489 e. The quantitative estimate of drug-likeness (QED) is 0.450. The summed E-state index contributed by atoms with van der Waals surface area (Å²) < 4.78 is 26.6. The molecular weight excluding hydrogens is 557 g/mol. The second-order valence-electron chi connectivity index (χ2n) is 11.8. The van der Waals surface area contributed by atoms with Crippen molar-refractivity contribution in [3.05, 3.63) is 71.8 Å². The zero-order valence-electron chi connectivity index (χ0n) is 24.7. The maximum absolute atomic E-state index is 13.5. The smallest absolute Gasteiger partial charge is 0.342 e. The molecule has 3 heterocycles. The van der Waals surface area contributed by atoms with Gasteiger partial charge in [-0.25, -0.2) is 9.18 Å². The van der Waals surface area contributed by atoms with Crippen molar-refractivity contribution in [2.75, 3.05) is 31.6 Å². The molecule has 12 heteroatoms. The molecule has 0 radical (unpaired) electrons. The number of hydrogen-bond acceptors (Lipinski definition) is 7. The van der Waals surface area contributed by atoms with Gasteiger partial charge in [-0.1, -0.05) is 12.1 Å². The van der Waals surface area contributed by atoms with E-state index in [1.165, 1.54) is 29.4 Å². The number of carbonyl (C=O) groups excluding carboxylic acids is 3. The minimum absolute atomic E-state index is 0.109. The summed E-state index contributed by atoms with van der Waals surface area (Å²) in [4.78, 5) is 42.6. The van der Waals surface area contributed by atoms with Crippen LogP contribution in [0.4, 0.5) is 14.9 Å². The van der Waals surface area contributed by atoms with Gasteiger partial charge in [0.05, 0.1) is 17.5 Å². The summed E-state index contributed by atoms with van der Waals surface area (Å²) >= 11 is 0. The third-order valence-electron chi connectivity index (χ3n) is 7.78. The lowest BCUT2D eigenvalue weighted by molar-refractivity contribution is -0.149. The Morgan fingerprint density at radius 2 is 1.93 bits per heavy atom. The van der Waals surface area contributed by atoms with Gasteiger partial charge in [0.1, 0.15) is 30.0 Å². The number of fused-ring (bicyclic) bond motifs is 1. The molecule has 0 aliphatic carbocycles. The van der Waals surface area contributed by atoms with Gasteiger partial charge in [0.15, 0.2) is 5.60 Å². The van der Waals surface area contributed by atoms with E-state index in [1.54, 1.807) is 63.1 Å². The van der Waals surface area contributed by atoms with E-state index in [0.29, 0.717) is 55.1 Å². The Balaban J connectivity index is 1.23. The second kappa shape index (κ2) is 11.7. The Bertz CT molecular complexity index is 1530. The number of ether oxygens (including phenoxy) is 2. The summed E-state index contributed by atoms with van der Waals surface area (Å²) in [5.74, 6) is -0.164. The van der Waals surface area contributed by atoms with Crippen molar-refractivity contribution >= 4 is 23.5 Å². The number of aliphatic hydroxyl groups is 1. The molecule has 3 aromatic rings. The fraction of sp³-hybridized carbons (Fsp3) is 0.419. The highest BCUT2D eigenvalue weighted by Crippen LogP contribution is 2.36. The first-order valence-corrected chi connectivity index (χ1v) is 14.2. The van der Waals surface area contributed by atoms with Crippen molar-refractivity contribution in [3.8, 4) is 11.5 Å². The molecule has 0 bridgehead atoms. The number of likely N-dealkylation sites (tertiary alicyclic amines) is 1. The molecule has 11 nitrogen and oxygen atoms in total. The number of nitrogens with zero attached hydrogens (tertiary/aromatic N) is 4. The van der Waals surface area contributed by atoms with Crippen LogP contribution in [0.5, 0.6) is 11.5 Å². The largest absolute Gasteiger partial charge is 0.489 e. The number of rotatable bonds is 6. The van der Waals surface area contributed by atoms with Crippen LogP contribution in [-0.2, 0) is 16.0 Å². The number of amides is 3. The van der Waals surface area contributed by atoms with E-state index < -0.39 is 29.2 Å². The van der Waals surface area contributed by atoms with Gasteiger partial charge >= 0.3 is 6.03 Å². The van der Waals surface area contributed by atoms with Crippen molar-refractivity contribution in [1.29, 1.82) is 0 Å². The molecule has 2 aromatic carbocycles. The third-order valence-corrected chi connectivity index (χ3v) is 7.78. The summed E-state index contributed by atoms with van der Waals surface area (Å²) in [5, 5.41) is 17.0. The van der Waals surface area contributed by atoms with E-state index in [0.717, 1.165) is 10.2 Å². The number of piperidine rings is 1. The molecule has 0 unspecified atom stereocenters. The number of nitrogens with one attached hydrogen (secondary N) is 1. The number of halogens is 1. The van der Waals surface area contributed by atoms with Crippen molar-refractivity contribution < 1.29 is 33.4 Å². The summed E-state index contributed by atoms with van der Waals surface area (Å²) in [7, 11) is 1.57. The average molecular weight is 594 g/mol. The first-order chi connectivity index (χ1) is 20.3. The maximum atomic E-state index is 13.5. The van der Waals surface area contributed by atoms with E-state index in [1.807, 2.05) is 0 Å². The molecule has 228 valence electrons. The van der Waals surface area contributed by atoms with Crippen molar-refractivity contribution in [3.63, 3.8) is 0 Å². The molecule has 5 rings (SSSR count). The van der Waals surface area contributed by atoms with Crippen LogP contribution in [0.25, 0.3) is 0 Å². The van der Waals surface area contributed by atoms with Crippen LogP contribution in [0.1, 0.15) is 44.7 Å². The van der Waals surface area contributed by atoms with Gasteiger partial charge in [-0.3, -0.25) is 9.59 Å². The van der Waals surface area contributed by atoms with Crippen molar-refractivity contribution in [2.45, 2.75) is 57.3 Å². The Hall–Kier alpha value is -4.45. The number of hydrogen-bond donors (Lipinski definition) is 2. The molecule has 1 saturated heterocycles. The van der Waals surface area contributed by atoms with Gasteiger partial charge in [0.25, 0.3) is 11.8 Å². The van der Waals surface area contributed by atoms with Gasteiger partial charge in [-0.15, -0.1) is 0 Å². The summed E-state index contributed by atoms with van der Waals surface area (Å²) in [6.07, 6.45) is 4.42. The Kier molecular flexibility index (Phi) is 8.15. The number of anilines is 1. The predicted molar refractivity (Wildman–Crippen MR) is 156 cm³/mol. The molecule has 1 aromatic heterocycles. The third kappa shape index (κ3) is 6.80. The van der Waals surface area contributed by atoms with Gasteiger partial charge in [0.2, 0.25) is 0 Å². The summed E-state index contributed by atoms with van der Waals surface area (Å²) in [6.45, 7) is 5.91. The number of benzene rings is 2. The van der Waals surface area contributed by atoms with Gasteiger partial charge in [-0.2, -0.15) is 9.78 Å². The SMILES string of the molecule is CN1C(=O)[C@@H](NC(=O)n2cc(Cc3cccc(F)c3)cn2)COc2ccc(OC(C)(C)C(=O)N3CCC(C)(O)CC3)cc21. The maximum Gasteiger partial charge on any atom is 0.342 e. The molecule has 1 atom stereocenters. The van der Waals surface area contributed by atoms with E-state index in [4.69, 9.17) is 9.47 Å². The van der Waals surface area contributed by atoms with Crippen molar-refractivity contribution in [1.82, 2.24) is 20.0 Å². The van der Waals surface area contributed by atoms with Crippen LogP contribution in [0.15, 0.2) is 54.9 Å². The molecule has 3 amide bonds. The Morgan fingerprint density at radius 1 is 1.19 bits per heavy atom. The molecule has 0 spiro atoms. The highest BCUT2D eigenvalue weighted by atomic mass is 19.1. The normalized spacial score (nSPS) is 18.4. The molecule has 2 aliphatic heterocycles. The van der Waals surface area contributed by atoms with E-state index in [2.05, 4.69) is 10.4 Å². The Labute approximate surface area is 249 Å². The van der Waals surface area contributed by atoms with Gasteiger partial charge in [0, 0.05) is 38.8 Å². The monoisotopic (exact) mass is 593 g/mol. The summed E-state index contributed by atoms with van der Waals surface area (Å²) in [6, 6.07) is 9.51. The van der Waals surface area contributed by atoms with E-state index in [9.17, 15) is 23.9 Å². The van der Waals surface area contributed by atoms with Crippen LogP contribution in [0, 0.1) is 5.82 Å². The van der Waals surface area contributed by atoms with Gasteiger partial charge < -0.3 is 29.7 Å². The molecule has 0 saturated carbocycles. The standard InChI is InChI=1S/C31H36FN5O6/c1-30(2,28(39)36-12-10-31(3,41)11-13-36)43-23-8-9-26-25(16-23)35(4)27(38)24(19-42-26)34-29(40)37-18-21(17-33-37)14-20-6-5-7-22(32)15-20/h5-9,15-18,24,41H,10-14,19H2,1-4H3,(H,34,40)/t24-/m0/s1. The fourth-order valence-electron chi connectivity index (χ4n) is 5.22. The lowest BCUT2D eigenvalue weighted by Gasteiger charge is -2.39. The van der Waals surface area contributed by atoms with E-state index in [-0.39, 0.29) is 18.3 Å². The molecule has 2 N–H and O–H groups in total. The lowest BCUT2D eigenvalue weighted by atomic mass is 9.92. The van der Waals surface area contributed by atoms with Gasteiger partial charge in [-0.05, 0) is 69.0 Å². The van der Waals surface area contributed by atoms with Crippen LogP contribution in [0.3, 0.4) is 0 Å². The number of likely N-dealkylation sites (N-methyl/N-ethyl adjacent to an activating group) is 1. The fourth-order valence-corrected chi connectivity index (χ4v) is 5.22. The van der Waals surface area contributed by atoms with Crippen LogP contribution in [0.2, 0.25) is 0 Å². The highest BCUT2D eigenvalue weighted by Gasteiger charge is 2.39. The second-order valence-corrected chi connectivity index (χ2v) is 11.8. The molecule has 2 aliphatic rings. The zero-order valence-corrected chi connectivity index (χ0v) is 24.7. The molecule has 43 heavy (non-hydrogen) atoms. The number of carbonyl (C=O) groups is 3. The minimum atomic E-state index is -1.20. The van der Waals surface area contributed by atoms with Crippen LogP contribution in [-0.4, -0.2) is 81.6 Å². The zero-order chi connectivity index (χ0) is 30.9. The summed E-state index contributed by atoms with van der Waals surface area (Å²) in [5.41, 5.74) is -0.107. The first kappa shape index (κ1) is 30.0. The van der Waals surface area contributed by atoms with Crippen molar-refractivity contribution in [2.24, 2.45) is 0 Å². The number of aromatic nitrogens is 2. The molecular formula is C31H36FN5O6. The average Bonchev–Trinajstić information content (AvgIpc) is 3.39. The van der Waals surface area contributed by atoms with E-state index >= 15 is 0 Å². The van der Waals surface area contributed by atoms with Crippen LogP contribution < -0.4 is 19.7 Å². The Morgan fingerprint density at radius 3 is 2.65 bits per heavy atom. The topological polar surface area (TPSA) is 126 Å².